The van der Waals surface area contributed by atoms with Gasteiger partial charge < -0.3 is 10.4 Å². The fourth-order valence-corrected chi connectivity index (χ4v) is 3.71. The molecule has 0 aromatic carbocycles. The molecule has 2 atom stereocenters. The molecule has 0 radical (unpaired) electrons. The van der Waals surface area contributed by atoms with E-state index >= 15 is 0 Å². The molecule has 1 heterocycles. The van der Waals surface area contributed by atoms with Crippen molar-refractivity contribution in [2.24, 2.45) is 0 Å². The fraction of sp³-hybridized carbons (Fsp3) is 0.909. The summed E-state index contributed by atoms with van der Waals surface area (Å²) in [5, 5.41) is 10.7. The summed E-state index contributed by atoms with van der Waals surface area (Å²) in [4.78, 5) is 10.9. The Bertz CT molecular complexity index is 388. The molecule has 0 bridgehead atoms. The van der Waals surface area contributed by atoms with E-state index in [0.29, 0.717) is 6.54 Å². The molecule has 0 aromatic heterocycles. The Kier molecular flexibility index (Phi) is 5.12. The maximum Gasteiger partial charge on any atom is 0.323 e. The van der Waals surface area contributed by atoms with Gasteiger partial charge in [0.2, 0.25) is 10.0 Å². The summed E-state index contributed by atoms with van der Waals surface area (Å²) in [6, 6.07) is -0.109. The molecule has 0 saturated carbocycles. The van der Waals surface area contributed by atoms with Crippen molar-refractivity contribution in [2.75, 3.05) is 13.1 Å². The monoisotopic (exact) mass is 278 g/mol. The van der Waals surface area contributed by atoms with Crippen LogP contribution in [0.3, 0.4) is 0 Å². The first-order chi connectivity index (χ1) is 8.26. The molecule has 0 aromatic rings. The number of rotatable bonds is 6. The van der Waals surface area contributed by atoms with Crippen LogP contribution in [0, 0.1) is 0 Å². The highest BCUT2D eigenvalue weighted by Crippen LogP contribution is 2.17. The first-order valence-electron chi connectivity index (χ1n) is 6.23. The van der Waals surface area contributed by atoms with Crippen molar-refractivity contribution in [3.63, 3.8) is 0 Å². The van der Waals surface area contributed by atoms with Crippen LogP contribution in [0.1, 0.15) is 33.6 Å². The van der Waals surface area contributed by atoms with Gasteiger partial charge >= 0.3 is 5.97 Å². The van der Waals surface area contributed by atoms with Gasteiger partial charge in [0, 0.05) is 18.6 Å². The van der Waals surface area contributed by atoms with E-state index in [2.05, 4.69) is 5.32 Å². The van der Waals surface area contributed by atoms with Crippen LogP contribution in [0.4, 0.5) is 0 Å². The van der Waals surface area contributed by atoms with Gasteiger partial charge in [-0.15, -0.1) is 0 Å². The molecule has 1 saturated heterocycles. The summed E-state index contributed by atoms with van der Waals surface area (Å²) in [5.41, 5.74) is 0. The highest BCUT2D eigenvalue weighted by Gasteiger charge is 2.36. The number of carbonyl (C=O) groups is 1. The summed E-state index contributed by atoms with van der Waals surface area (Å²) < 4.78 is 25.7. The molecule has 2 N–H and O–H groups in total. The first-order valence-corrected chi connectivity index (χ1v) is 7.74. The normalized spacial score (nSPS) is 22.6. The third-order valence-corrected chi connectivity index (χ3v) is 5.58. The van der Waals surface area contributed by atoms with Gasteiger partial charge in [0.15, 0.2) is 5.25 Å². The highest BCUT2D eigenvalue weighted by molar-refractivity contribution is 7.90. The zero-order valence-corrected chi connectivity index (χ0v) is 11.9. The molecule has 18 heavy (non-hydrogen) atoms. The van der Waals surface area contributed by atoms with Gasteiger partial charge in [-0.05, 0) is 40.2 Å². The number of hydrogen-bond donors (Lipinski definition) is 2. The quantitative estimate of drug-likeness (QED) is 0.727. The Morgan fingerprint density at radius 1 is 1.44 bits per heavy atom. The smallest absolute Gasteiger partial charge is 0.323 e. The molecular weight excluding hydrogens is 256 g/mol. The van der Waals surface area contributed by atoms with Gasteiger partial charge in [-0.2, -0.15) is 4.31 Å². The molecule has 0 aliphatic carbocycles. The van der Waals surface area contributed by atoms with Crippen molar-refractivity contribution in [2.45, 2.75) is 50.9 Å². The molecule has 7 heteroatoms. The lowest BCUT2D eigenvalue weighted by molar-refractivity contribution is -0.136. The molecule has 1 aliphatic heterocycles. The van der Waals surface area contributed by atoms with Crippen molar-refractivity contribution in [3.8, 4) is 0 Å². The van der Waals surface area contributed by atoms with Crippen LogP contribution in [0.2, 0.25) is 0 Å². The van der Waals surface area contributed by atoms with E-state index < -0.39 is 21.2 Å². The lowest BCUT2D eigenvalue weighted by Crippen LogP contribution is -2.49. The predicted molar refractivity (Wildman–Crippen MR) is 68.9 cm³/mol. The number of nitrogens with one attached hydrogen (secondary N) is 1. The van der Waals surface area contributed by atoms with Gasteiger partial charge in [-0.1, -0.05) is 0 Å². The number of carboxylic acids is 1. The van der Waals surface area contributed by atoms with Crippen molar-refractivity contribution in [1.82, 2.24) is 9.62 Å². The molecule has 0 amide bonds. The van der Waals surface area contributed by atoms with Crippen LogP contribution in [0.25, 0.3) is 0 Å². The van der Waals surface area contributed by atoms with Crippen LogP contribution in [-0.2, 0) is 14.8 Å². The second-order valence-corrected chi connectivity index (χ2v) is 7.19. The molecule has 0 spiro atoms. The average Bonchev–Trinajstić information content (AvgIpc) is 2.76. The van der Waals surface area contributed by atoms with Crippen molar-refractivity contribution in [3.05, 3.63) is 0 Å². The van der Waals surface area contributed by atoms with E-state index in [1.165, 1.54) is 11.2 Å². The zero-order chi connectivity index (χ0) is 13.9. The summed E-state index contributed by atoms with van der Waals surface area (Å²) in [6.45, 7) is 5.99. The minimum Gasteiger partial charge on any atom is -0.480 e. The number of sulfonamides is 1. The van der Waals surface area contributed by atoms with E-state index in [0.717, 1.165) is 19.4 Å². The zero-order valence-electron chi connectivity index (χ0n) is 11.1. The lowest BCUT2D eigenvalue weighted by atomic mass is 10.2. The van der Waals surface area contributed by atoms with E-state index in [4.69, 9.17) is 5.11 Å². The van der Waals surface area contributed by atoms with Gasteiger partial charge in [0.1, 0.15) is 0 Å². The SMILES string of the molecule is CC(C)N(CC1CCCN1)S(=O)(=O)C(C)C(=O)O. The van der Waals surface area contributed by atoms with Crippen LogP contribution in [-0.4, -0.2) is 54.2 Å². The van der Waals surface area contributed by atoms with Crippen LogP contribution in [0.15, 0.2) is 0 Å². The fourth-order valence-electron chi connectivity index (χ4n) is 2.07. The van der Waals surface area contributed by atoms with E-state index in [1.807, 2.05) is 0 Å². The van der Waals surface area contributed by atoms with Gasteiger partial charge in [0.05, 0.1) is 0 Å². The average molecular weight is 278 g/mol. The topological polar surface area (TPSA) is 86.7 Å². The van der Waals surface area contributed by atoms with Crippen molar-refractivity contribution < 1.29 is 18.3 Å². The van der Waals surface area contributed by atoms with Crippen LogP contribution < -0.4 is 5.32 Å². The second-order valence-electron chi connectivity index (χ2n) is 4.98. The standard InChI is InChI=1S/C11H22N2O4S/c1-8(2)13(7-10-5-4-6-12-10)18(16,17)9(3)11(14)15/h8-10,12H,4-7H2,1-3H3,(H,14,15). The number of aliphatic carboxylic acids is 1. The van der Waals surface area contributed by atoms with Crippen molar-refractivity contribution in [1.29, 1.82) is 0 Å². The Morgan fingerprint density at radius 2 is 2.06 bits per heavy atom. The third-order valence-electron chi connectivity index (χ3n) is 3.26. The second kappa shape index (κ2) is 5.99. The molecule has 106 valence electrons. The van der Waals surface area contributed by atoms with Gasteiger partial charge in [0.25, 0.3) is 0 Å². The maximum absolute atomic E-state index is 12.2. The summed E-state index contributed by atoms with van der Waals surface area (Å²) in [6.07, 6.45) is 1.96. The molecule has 2 unspecified atom stereocenters. The predicted octanol–water partition coefficient (Wildman–Crippen LogP) is 0.252. The lowest BCUT2D eigenvalue weighted by Gasteiger charge is -2.30. The number of hydrogen-bond acceptors (Lipinski definition) is 4. The highest BCUT2D eigenvalue weighted by atomic mass is 32.2. The first kappa shape index (κ1) is 15.4. The number of carboxylic acid groups (broad SMARTS) is 1. The van der Waals surface area contributed by atoms with Crippen LogP contribution >= 0.6 is 0 Å². The maximum atomic E-state index is 12.2. The minimum absolute atomic E-state index is 0.128. The van der Waals surface area contributed by atoms with E-state index in [-0.39, 0.29) is 12.1 Å². The Hall–Kier alpha value is -0.660. The number of nitrogens with zero attached hydrogens (tertiary/aromatic N) is 1. The van der Waals surface area contributed by atoms with E-state index in [1.54, 1.807) is 13.8 Å². The molecule has 6 nitrogen and oxygen atoms in total. The van der Waals surface area contributed by atoms with Crippen LogP contribution in [0.5, 0.6) is 0 Å². The molecular formula is C11H22N2O4S. The minimum atomic E-state index is -3.79. The summed E-state index contributed by atoms with van der Waals surface area (Å²) in [5.74, 6) is -1.31. The van der Waals surface area contributed by atoms with Gasteiger partial charge in [-0.3, -0.25) is 4.79 Å². The van der Waals surface area contributed by atoms with Crippen molar-refractivity contribution >= 4 is 16.0 Å². The largest absolute Gasteiger partial charge is 0.480 e. The van der Waals surface area contributed by atoms with E-state index in [9.17, 15) is 13.2 Å². The summed E-state index contributed by atoms with van der Waals surface area (Å²) in [7, 11) is -3.79. The molecule has 1 fully saturated rings. The Morgan fingerprint density at radius 3 is 2.44 bits per heavy atom. The Labute approximate surface area is 108 Å². The Balaban J connectivity index is 2.86. The van der Waals surface area contributed by atoms with Gasteiger partial charge in [-0.25, -0.2) is 8.42 Å². The third kappa shape index (κ3) is 3.43. The molecule has 1 rings (SSSR count). The summed E-state index contributed by atoms with van der Waals surface area (Å²) >= 11 is 0. The molecule has 1 aliphatic rings.